The Kier molecular flexibility index (Phi) is 6.56. The van der Waals surface area contributed by atoms with Crippen LogP contribution in [0.25, 0.3) is 0 Å². The van der Waals surface area contributed by atoms with E-state index in [9.17, 15) is 13.2 Å². The van der Waals surface area contributed by atoms with Crippen LogP contribution in [-0.4, -0.2) is 59.5 Å². The molecule has 0 unspecified atom stereocenters. The van der Waals surface area contributed by atoms with Gasteiger partial charge in [0.1, 0.15) is 0 Å². The summed E-state index contributed by atoms with van der Waals surface area (Å²) < 4.78 is 26.4. The van der Waals surface area contributed by atoms with Gasteiger partial charge in [-0.3, -0.25) is 4.79 Å². The number of nitrogens with one attached hydrogen (secondary N) is 2. The fourth-order valence-electron chi connectivity index (χ4n) is 3.42. The largest absolute Gasteiger partial charge is 0.369 e. The molecule has 1 saturated heterocycles. The number of amides is 1. The predicted octanol–water partition coefficient (Wildman–Crippen LogP) is 1.58. The number of carbonyl (C=O) groups is 1. The van der Waals surface area contributed by atoms with E-state index in [-0.39, 0.29) is 10.8 Å². The number of para-hydroxylation sites is 1. The second kappa shape index (κ2) is 8.94. The standard InChI is InChI=1S/C21H28N4O3S/c1-16-8-9-18(29(27,28)22-2)14-19(16)21(26)23-15-17-6-4-5-7-20(17)25-12-10-24(3)11-13-25/h4-9,14,22H,10-13,15H2,1-3H3,(H,23,26). The molecule has 2 N–H and O–H groups in total. The number of likely N-dealkylation sites (N-methyl/N-ethyl adjacent to an activating group) is 1. The number of nitrogens with zero attached hydrogens (tertiary/aromatic N) is 2. The van der Waals surface area contributed by atoms with Gasteiger partial charge >= 0.3 is 0 Å². The maximum absolute atomic E-state index is 12.8. The molecular formula is C21H28N4O3S. The highest BCUT2D eigenvalue weighted by atomic mass is 32.2. The quantitative estimate of drug-likeness (QED) is 0.747. The highest BCUT2D eigenvalue weighted by molar-refractivity contribution is 7.89. The molecule has 3 rings (SSSR count). The van der Waals surface area contributed by atoms with Crippen molar-refractivity contribution in [1.29, 1.82) is 0 Å². The molecule has 156 valence electrons. The molecule has 0 atom stereocenters. The van der Waals surface area contributed by atoms with Crippen molar-refractivity contribution >= 4 is 21.6 Å². The van der Waals surface area contributed by atoms with Crippen LogP contribution in [0.1, 0.15) is 21.5 Å². The van der Waals surface area contributed by atoms with Crippen molar-refractivity contribution in [3.63, 3.8) is 0 Å². The van der Waals surface area contributed by atoms with E-state index >= 15 is 0 Å². The summed E-state index contributed by atoms with van der Waals surface area (Å²) in [5.41, 5.74) is 3.26. The van der Waals surface area contributed by atoms with Crippen LogP contribution in [0.2, 0.25) is 0 Å². The SMILES string of the molecule is CNS(=O)(=O)c1ccc(C)c(C(=O)NCc2ccccc2N2CCN(C)CC2)c1. The minimum atomic E-state index is -3.60. The molecule has 2 aromatic rings. The summed E-state index contributed by atoms with van der Waals surface area (Å²) >= 11 is 0. The van der Waals surface area contributed by atoms with Gasteiger partial charge in [0.05, 0.1) is 4.90 Å². The van der Waals surface area contributed by atoms with Crippen LogP contribution in [0.4, 0.5) is 5.69 Å². The third-order valence-electron chi connectivity index (χ3n) is 5.31. The third-order valence-corrected chi connectivity index (χ3v) is 6.72. The first-order valence-corrected chi connectivity index (χ1v) is 11.1. The van der Waals surface area contributed by atoms with Gasteiger partial charge in [-0.1, -0.05) is 24.3 Å². The first-order chi connectivity index (χ1) is 13.8. The molecule has 2 aromatic carbocycles. The van der Waals surface area contributed by atoms with Gasteiger partial charge < -0.3 is 15.1 Å². The zero-order chi connectivity index (χ0) is 21.0. The number of anilines is 1. The number of sulfonamides is 1. The molecule has 1 fully saturated rings. The predicted molar refractivity (Wildman–Crippen MR) is 115 cm³/mol. The first-order valence-electron chi connectivity index (χ1n) is 9.65. The molecule has 8 heteroatoms. The Morgan fingerprint density at radius 1 is 1.07 bits per heavy atom. The van der Waals surface area contributed by atoms with Crippen LogP contribution < -0.4 is 14.9 Å². The summed E-state index contributed by atoms with van der Waals surface area (Å²) in [5.74, 6) is -0.288. The molecule has 0 aliphatic carbocycles. The van der Waals surface area contributed by atoms with Crippen LogP contribution in [0.15, 0.2) is 47.4 Å². The minimum absolute atomic E-state index is 0.0774. The van der Waals surface area contributed by atoms with Crippen LogP contribution in [-0.2, 0) is 16.6 Å². The summed E-state index contributed by atoms with van der Waals surface area (Å²) in [4.78, 5) is 17.5. The Labute approximate surface area is 172 Å². The summed E-state index contributed by atoms with van der Waals surface area (Å²) in [6.45, 7) is 6.08. The van der Waals surface area contributed by atoms with Crippen molar-refractivity contribution in [3.8, 4) is 0 Å². The van der Waals surface area contributed by atoms with Crippen molar-refractivity contribution in [2.45, 2.75) is 18.4 Å². The molecule has 0 aromatic heterocycles. The topological polar surface area (TPSA) is 81.7 Å². The summed E-state index contributed by atoms with van der Waals surface area (Å²) in [7, 11) is -0.134. The molecular weight excluding hydrogens is 388 g/mol. The Bertz CT molecular complexity index is 983. The summed E-state index contributed by atoms with van der Waals surface area (Å²) in [6.07, 6.45) is 0. The van der Waals surface area contributed by atoms with E-state index in [1.54, 1.807) is 13.0 Å². The van der Waals surface area contributed by atoms with Crippen molar-refractivity contribution in [1.82, 2.24) is 14.9 Å². The molecule has 7 nitrogen and oxygen atoms in total. The van der Waals surface area contributed by atoms with Gasteiger partial charge in [-0.05, 0) is 50.3 Å². The monoisotopic (exact) mass is 416 g/mol. The van der Waals surface area contributed by atoms with Crippen molar-refractivity contribution in [2.24, 2.45) is 0 Å². The van der Waals surface area contributed by atoms with Gasteiger partial charge in [-0.2, -0.15) is 0 Å². The van der Waals surface area contributed by atoms with Gasteiger partial charge in [-0.25, -0.2) is 13.1 Å². The summed E-state index contributed by atoms with van der Waals surface area (Å²) in [5, 5.41) is 2.95. The lowest BCUT2D eigenvalue weighted by molar-refractivity contribution is 0.0950. The van der Waals surface area contributed by atoms with Gasteiger partial charge in [-0.15, -0.1) is 0 Å². The van der Waals surface area contributed by atoms with E-state index in [0.717, 1.165) is 43.0 Å². The number of hydrogen-bond acceptors (Lipinski definition) is 5. The Hall–Kier alpha value is -2.42. The van der Waals surface area contributed by atoms with E-state index in [1.165, 1.54) is 19.2 Å². The molecule has 29 heavy (non-hydrogen) atoms. The number of carbonyl (C=O) groups excluding carboxylic acids is 1. The maximum atomic E-state index is 12.8. The highest BCUT2D eigenvalue weighted by Crippen LogP contribution is 2.22. The molecule has 0 bridgehead atoms. The zero-order valence-electron chi connectivity index (χ0n) is 17.1. The molecule has 1 aliphatic heterocycles. The van der Waals surface area contributed by atoms with E-state index < -0.39 is 10.0 Å². The lowest BCUT2D eigenvalue weighted by Crippen LogP contribution is -2.45. The van der Waals surface area contributed by atoms with Crippen LogP contribution in [0.3, 0.4) is 0 Å². The lowest BCUT2D eigenvalue weighted by Gasteiger charge is -2.35. The van der Waals surface area contributed by atoms with Gasteiger partial charge in [0, 0.05) is 44.0 Å². The normalized spacial score (nSPS) is 15.3. The van der Waals surface area contributed by atoms with Gasteiger partial charge in [0.2, 0.25) is 10.0 Å². The van der Waals surface area contributed by atoms with Gasteiger partial charge in [0.25, 0.3) is 5.91 Å². The van der Waals surface area contributed by atoms with Crippen molar-refractivity contribution in [3.05, 3.63) is 59.2 Å². The van der Waals surface area contributed by atoms with E-state index in [4.69, 9.17) is 0 Å². The van der Waals surface area contributed by atoms with E-state index in [1.807, 2.05) is 18.2 Å². The maximum Gasteiger partial charge on any atom is 0.251 e. The number of piperazine rings is 1. The second-order valence-corrected chi connectivity index (χ2v) is 9.17. The Balaban J connectivity index is 1.76. The first kappa shape index (κ1) is 21.3. The van der Waals surface area contributed by atoms with E-state index in [0.29, 0.717) is 12.1 Å². The highest BCUT2D eigenvalue weighted by Gasteiger charge is 2.19. The van der Waals surface area contributed by atoms with E-state index in [2.05, 4.69) is 33.0 Å². The Morgan fingerprint density at radius 3 is 2.45 bits per heavy atom. The molecule has 1 heterocycles. The van der Waals surface area contributed by atoms with Crippen LogP contribution in [0.5, 0.6) is 0 Å². The average Bonchev–Trinajstić information content (AvgIpc) is 2.73. The Morgan fingerprint density at radius 2 is 1.76 bits per heavy atom. The molecule has 0 saturated carbocycles. The molecule has 0 radical (unpaired) electrons. The average molecular weight is 417 g/mol. The lowest BCUT2D eigenvalue weighted by atomic mass is 10.1. The van der Waals surface area contributed by atoms with Crippen LogP contribution in [0, 0.1) is 6.92 Å². The van der Waals surface area contributed by atoms with Crippen molar-refractivity contribution in [2.75, 3.05) is 45.2 Å². The number of aryl methyl sites for hydroxylation is 1. The number of hydrogen-bond donors (Lipinski definition) is 2. The smallest absolute Gasteiger partial charge is 0.251 e. The summed E-state index contributed by atoms with van der Waals surface area (Å²) in [6, 6.07) is 12.6. The number of benzene rings is 2. The molecule has 1 amide bonds. The number of rotatable bonds is 6. The molecule has 0 spiro atoms. The van der Waals surface area contributed by atoms with Crippen molar-refractivity contribution < 1.29 is 13.2 Å². The third kappa shape index (κ3) is 4.95. The zero-order valence-corrected chi connectivity index (χ0v) is 17.9. The minimum Gasteiger partial charge on any atom is -0.369 e. The fourth-order valence-corrected chi connectivity index (χ4v) is 4.17. The van der Waals surface area contributed by atoms with Gasteiger partial charge in [0.15, 0.2) is 0 Å². The fraction of sp³-hybridized carbons (Fsp3) is 0.381. The second-order valence-electron chi connectivity index (χ2n) is 7.29. The van der Waals surface area contributed by atoms with Crippen LogP contribution >= 0.6 is 0 Å². The molecule has 1 aliphatic rings.